The predicted octanol–water partition coefficient (Wildman–Crippen LogP) is 10.6. The van der Waals surface area contributed by atoms with E-state index in [1.54, 1.807) is 36.4 Å². The van der Waals surface area contributed by atoms with Gasteiger partial charge in [0.2, 0.25) is 0 Å². The van der Waals surface area contributed by atoms with Gasteiger partial charge in [0.1, 0.15) is 16.4 Å². The van der Waals surface area contributed by atoms with Crippen LogP contribution in [0.5, 0.6) is 23.0 Å². The smallest absolute Gasteiger partial charge is 0.298 e. The van der Waals surface area contributed by atoms with Crippen molar-refractivity contribution in [3.63, 3.8) is 0 Å². The second-order valence-corrected chi connectivity index (χ2v) is 14.3. The van der Waals surface area contributed by atoms with Crippen LogP contribution in [0.2, 0.25) is 0 Å². The van der Waals surface area contributed by atoms with Gasteiger partial charge in [0.15, 0.2) is 17.5 Å². The summed E-state index contributed by atoms with van der Waals surface area (Å²) in [6.45, 7) is 2.25. The first kappa shape index (κ1) is 39.5. The zero-order chi connectivity index (χ0) is 36.5. The van der Waals surface area contributed by atoms with Crippen molar-refractivity contribution in [3.8, 4) is 23.0 Å². The Hall–Kier alpha value is -4.29. The van der Waals surface area contributed by atoms with E-state index in [9.17, 15) is 22.9 Å². The highest BCUT2D eigenvalue weighted by Crippen LogP contribution is 2.35. The molecule has 11 nitrogen and oxygen atoms in total. The number of aromatic hydroxyl groups is 1. The molecule has 0 fully saturated rings. The molecule has 0 saturated heterocycles. The fourth-order valence-corrected chi connectivity index (χ4v) is 6.67. The summed E-state index contributed by atoms with van der Waals surface area (Å²) in [4.78, 5) is 13.3. The first-order valence-electron chi connectivity index (χ1n) is 18.2. The molecule has 0 bridgehead atoms. The van der Waals surface area contributed by atoms with Crippen LogP contribution in [0, 0.1) is 0 Å². The number of hydrazone groups is 1. The van der Waals surface area contributed by atoms with E-state index in [2.05, 4.69) is 22.3 Å². The fraction of sp³-hybridized carbons (Fsp3) is 0.487. The number of rotatable bonds is 23. The van der Waals surface area contributed by atoms with Crippen molar-refractivity contribution in [3.05, 3.63) is 66.7 Å². The standard InChI is InChI=1S/C39H52N4O7S/c1-3-4-5-6-7-8-9-10-11-12-13-14-15-16-20-23-33-38(41-40-30-24-26-34(44)36(28-30)49-2)39(45)43(42-33)31-25-27-35(37(29-31)51(46,47)48)50-32-21-18-17-19-22-32/h17-19,21-22,24-29,38,44H,3-16,20,23H2,1-2H3,(H,46,47,48)/t38-/m0/s1. The van der Waals surface area contributed by atoms with Crippen molar-refractivity contribution in [1.29, 1.82) is 0 Å². The Morgan fingerprint density at radius 2 is 1.39 bits per heavy atom. The molecular weight excluding hydrogens is 669 g/mol. The third-order valence-electron chi connectivity index (χ3n) is 8.90. The molecule has 1 heterocycles. The number of azo groups is 1. The number of ether oxygens (including phenoxy) is 2. The molecule has 0 unspecified atom stereocenters. The number of phenolic OH excluding ortho intramolecular Hbond substituents is 1. The van der Waals surface area contributed by atoms with Crippen LogP contribution in [0.25, 0.3) is 0 Å². The first-order valence-corrected chi connectivity index (χ1v) is 19.7. The molecule has 51 heavy (non-hydrogen) atoms. The van der Waals surface area contributed by atoms with Gasteiger partial charge in [-0.1, -0.05) is 115 Å². The Morgan fingerprint density at radius 3 is 1.98 bits per heavy atom. The number of para-hydroxylation sites is 1. The molecule has 2 N–H and O–H groups in total. The third-order valence-corrected chi connectivity index (χ3v) is 9.77. The van der Waals surface area contributed by atoms with Gasteiger partial charge in [-0.3, -0.25) is 9.35 Å². The maximum absolute atomic E-state index is 13.8. The number of unbranched alkanes of at least 4 members (excludes halogenated alkanes) is 14. The van der Waals surface area contributed by atoms with Crippen molar-refractivity contribution in [2.24, 2.45) is 15.3 Å². The lowest BCUT2D eigenvalue weighted by atomic mass is 10.0. The minimum absolute atomic E-state index is 0.0516. The third kappa shape index (κ3) is 12.5. The van der Waals surface area contributed by atoms with Gasteiger partial charge >= 0.3 is 0 Å². The molecule has 1 atom stereocenters. The number of hydrogen-bond acceptors (Lipinski definition) is 9. The number of amides is 1. The highest BCUT2D eigenvalue weighted by Gasteiger charge is 2.37. The molecule has 0 aromatic heterocycles. The van der Waals surface area contributed by atoms with Gasteiger partial charge in [0.05, 0.1) is 24.2 Å². The summed E-state index contributed by atoms with van der Waals surface area (Å²) in [5.74, 6) is -0.0722. The van der Waals surface area contributed by atoms with Gasteiger partial charge in [0.25, 0.3) is 16.0 Å². The molecule has 0 spiro atoms. The number of nitrogens with zero attached hydrogens (tertiary/aromatic N) is 4. The molecule has 3 aromatic rings. The minimum Gasteiger partial charge on any atom is -0.504 e. The molecule has 12 heteroatoms. The molecule has 276 valence electrons. The van der Waals surface area contributed by atoms with E-state index in [1.807, 2.05) is 0 Å². The molecular formula is C39H52N4O7S. The van der Waals surface area contributed by atoms with Gasteiger partial charge in [-0.2, -0.15) is 28.8 Å². The molecule has 3 aromatic carbocycles. The van der Waals surface area contributed by atoms with Crippen LogP contribution >= 0.6 is 0 Å². The molecule has 1 aliphatic rings. The quantitative estimate of drug-likeness (QED) is 0.0562. The number of phenols is 1. The van der Waals surface area contributed by atoms with E-state index in [-0.39, 0.29) is 22.9 Å². The Kier molecular flexibility index (Phi) is 15.9. The van der Waals surface area contributed by atoms with Crippen LogP contribution in [0.3, 0.4) is 0 Å². The Labute approximate surface area is 302 Å². The minimum atomic E-state index is -4.73. The summed E-state index contributed by atoms with van der Waals surface area (Å²) >= 11 is 0. The van der Waals surface area contributed by atoms with Crippen molar-refractivity contribution < 1.29 is 32.3 Å². The lowest BCUT2D eigenvalue weighted by molar-refractivity contribution is -0.117. The van der Waals surface area contributed by atoms with Crippen LogP contribution in [0.15, 0.2) is 87.0 Å². The zero-order valence-electron chi connectivity index (χ0n) is 29.9. The first-order chi connectivity index (χ1) is 24.7. The monoisotopic (exact) mass is 720 g/mol. The largest absolute Gasteiger partial charge is 0.504 e. The van der Waals surface area contributed by atoms with Crippen molar-refractivity contribution in [2.45, 2.75) is 121 Å². The summed E-state index contributed by atoms with van der Waals surface area (Å²) in [5, 5.41) is 24.2. The SMILES string of the molecule is CCCCCCCCCCCCCCCCCC1=NN(c2ccc(Oc3ccccc3)c(S(=O)(=O)O)c2)C(=O)[C@H]1N=Nc1ccc(O)c(OC)c1. The van der Waals surface area contributed by atoms with E-state index < -0.39 is 27.0 Å². The molecule has 0 saturated carbocycles. The lowest BCUT2D eigenvalue weighted by Gasteiger charge is -2.15. The van der Waals surface area contributed by atoms with Gasteiger partial charge in [0, 0.05) is 6.07 Å². The van der Waals surface area contributed by atoms with Crippen LogP contribution in [-0.4, -0.2) is 42.8 Å². The lowest BCUT2D eigenvalue weighted by Crippen LogP contribution is -2.30. The normalized spacial score (nSPS) is 14.7. The summed E-state index contributed by atoms with van der Waals surface area (Å²) in [7, 11) is -3.31. The molecule has 1 amide bonds. The van der Waals surface area contributed by atoms with Crippen molar-refractivity contribution in [2.75, 3.05) is 12.1 Å². The maximum Gasteiger partial charge on any atom is 0.298 e. The Balaban J connectivity index is 1.39. The zero-order valence-corrected chi connectivity index (χ0v) is 30.7. The van der Waals surface area contributed by atoms with Crippen LogP contribution < -0.4 is 14.5 Å². The van der Waals surface area contributed by atoms with E-state index in [1.165, 1.54) is 102 Å². The van der Waals surface area contributed by atoms with Crippen molar-refractivity contribution >= 4 is 33.1 Å². The second kappa shape index (κ2) is 20.5. The van der Waals surface area contributed by atoms with Crippen molar-refractivity contribution in [1.82, 2.24) is 0 Å². The Bertz CT molecular complexity index is 1710. The van der Waals surface area contributed by atoms with Gasteiger partial charge in [-0.15, -0.1) is 0 Å². The summed E-state index contributed by atoms with van der Waals surface area (Å²) < 4.78 is 45.8. The van der Waals surface area contributed by atoms with E-state index >= 15 is 0 Å². The second-order valence-electron chi connectivity index (χ2n) is 12.9. The van der Waals surface area contributed by atoms with Gasteiger partial charge in [-0.05, 0) is 55.3 Å². The van der Waals surface area contributed by atoms with Gasteiger partial charge in [-0.25, -0.2) is 0 Å². The average molecular weight is 721 g/mol. The van der Waals surface area contributed by atoms with E-state index in [4.69, 9.17) is 9.47 Å². The topological polar surface area (TPSA) is 150 Å². The van der Waals surface area contributed by atoms with Crippen LogP contribution in [0.4, 0.5) is 11.4 Å². The van der Waals surface area contributed by atoms with E-state index in [0.29, 0.717) is 23.6 Å². The average Bonchev–Trinajstić information content (AvgIpc) is 3.43. The molecule has 4 rings (SSSR count). The highest BCUT2D eigenvalue weighted by molar-refractivity contribution is 7.86. The number of benzene rings is 3. The number of carbonyl (C=O) groups excluding carboxylic acids is 1. The maximum atomic E-state index is 13.8. The molecule has 0 radical (unpaired) electrons. The highest BCUT2D eigenvalue weighted by atomic mass is 32.2. The summed E-state index contributed by atoms with van der Waals surface area (Å²) in [6.07, 6.45) is 19.1. The summed E-state index contributed by atoms with van der Waals surface area (Å²) in [6, 6.07) is 16.0. The summed E-state index contributed by atoms with van der Waals surface area (Å²) in [5.41, 5.74) is 1.01. The number of methoxy groups -OCH3 is 1. The predicted molar refractivity (Wildman–Crippen MR) is 200 cm³/mol. The number of hydrogen-bond donors (Lipinski definition) is 2. The number of anilines is 1. The molecule has 0 aliphatic carbocycles. The number of carbonyl (C=O) groups is 1. The van der Waals surface area contributed by atoms with Crippen LogP contribution in [-0.2, 0) is 14.9 Å². The Morgan fingerprint density at radius 1 is 0.784 bits per heavy atom. The van der Waals surface area contributed by atoms with Crippen LogP contribution in [0.1, 0.15) is 110 Å². The molecule has 1 aliphatic heterocycles. The van der Waals surface area contributed by atoms with E-state index in [0.717, 1.165) is 36.8 Å². The fourth-order valence-electron chi connectivity index (χ4n) is 6.04. The van der Waals surface area contributed by atoms with Gasteiger partial charge < -0.3 is 14.6 Å².